The topological polar surface area (TPSA) is 89.1 Å². The predicted octanol–water partition coefficient (Wildman–Crippen LogP) is 5.35. The van der Waals surface area contributed by atoms with E-state index in [-0.39, 0.29) is 11.1 Å². The smallest absolute Gasteiger partial charge is 0.258 e. The first kappa shape index (κ1) is 19.9. The Morgan fingerprint density at radius 3 is 2.54 bits per heavy atom. The van der Waals surface area contributed by atoms with Crippen LogP contribution in [0.3, 0.4) is 0 Å². The summed E-state index contributed by atoms with van der Waals surface area (Å²) >= 11 is 11.4. The van der Waals surface area contributed by atoms with E-state index in [0.29, 0.717) is 21.2 Å². The van der Waals surface area contributed by atoms with E-state index in [0.717, 1.165) is 5.56 Å². The molecule has 0 amide bonds. The summed E-state index contributed by atoms with van der Waals surface area (Å²) in [6.45, 7) is 6.43. The predicted molar refractivity (Wildman–Crippen MR) is 113 cm³/mol. The number of halogens is 1. The first-order valence-electron chi connectivity index (χ1n) is 8.43. The molecule has 0 aliphatic carbocycles. The van der Waals surface area contributed by atoms with Gasteiger partial charge in [0.15, 0.2) is 5.82 Å². The average Bonchev–Trinajstić information content (AvgIpc) is 3.01. The largest absolute Gasteiger partial charge is 0.270 e. The van der Waals surface area contributed by atoms with Crippen LogP contribution < -0.4 is 0 Å². The molecular formula is C19H18ClN5O2S. The molecular weight excluding hydrogens is 398 g/mol. The summed E-state index contributed by atoms with van der Waals surface area (Å²) in [5.74, 6) is 0.531. The molecule has 0 aliphatic rings. The van der Waals surface area contributed by atoms with Gasteiger partial charge in [0.2, 0.25) is 4.77 Å². The summed E-state index contributed by atoms with van der Waals surface area (Å²) in [5, 5.41) is 22.6. The number of rotatable bonds is 4. The lowest BCUT2D eigenvalue weighted by atomic mass is 9.87. The van der Waals surface area contributed by atoms with Gasteiger partial charge in [-0.25, -0.2) is 5.10 Å². The van der Waals surface area contributed by atoms with Crippen molar-refractivity contribution < 1.29 is 4.92 Å². The molecule has 0 atom stereocenters. The van der Waals surface area contributed by atoms with Gasteiger partial charge in [-0.05, 0) is 29.3 Å². The van der Waals surface area contributed by atoms with Gasteiger partial charge < -0.3 is 0 Å². The highest BCUT2D eigenvalue weighted by molar-refractivity contribution is 7.71. The third-order valence-electron chi connectivity index (χ3n) is 4.16. The summed E-state index contributed by atoms with van der Waals surface area (Å²) < 4.78 is 1.75. The maximum Gasteiger partial charge on any atom is 0.270 e. The highest BCUT2D eigenvalue weighted by Crippen LogP contribution is 2.26. The number of nitro benzene ring substituents is 1. The quantitative estimate of drug-likeness (QED) is 0.269. The molecule has 1 aromatic heterocycles. The van der Waals surface area contributed by atoms with E-state index in [1.807, 2.05) is 24.3 Å². The van der Waals surface area contributed by atoms with Gasteiger partial charge in [0.05, 0.1) is 11.1 Å². The lowest BCUT2D eigenvalue weighted by Gasteiger charge is -2.18. The van der Waals surface area contributed by atoms with Crippen molar-refractivity contribution in [3.05, 3.63) is 73.5 Å². The second-order valence-electron chi connectivity index (χ2n) is 7.20. The van der Waals surface area contributed by atoms with E-state index >= 15 is 0 Å². The Bertz CT molecular complexity index is 1110. The molecule has 0 spiro atoms. The minimum Gasteiger partial charge on any atom is -0.258 e. The molecule has 144 valence electrons. The summed E-state index contributed by atoms with van der Waals surface area (Å²) in [6, 6.07) is 12.1. The van der Waals surface area contributed by atoms with Crippen LogP contribution in [0.5, 0.6) is 0 Å². The van der Waals surface area contributed by atoms with Crippen molar-refractivity contribution in [1.29, 1.82) is 0 Å². The van der Waals surface area contributed by atoms with Gasteiger partial charge in [0.25, 0.3) is 5.69 Å². The third-order valence-corrected chi connectivity index (χ3v) is 4.77. The van der Waals surface area contributed by atoms with Crippen molar-refractivity contribution in [2.24, 2.45) is 5.10 Å². The maximum absolute atomic E-state index is 11.0. The summed E-state index contributed by atoms with van der Waals surface area (Å²) in [7, 11) is 0. The normalized spacial score (nSPS) is 11.9. The van der Waals surface area contributed by atoms with Crippen LogP contribution >= 0.6 is 23.8 Å². The Balaban J connectivity index is 1.98. The number of nitrogens with zero attached hydrogens (tertiary/aromatic N) is 4. The number of nitro groups is 1. The highest BCUT2D eigenvalue weighted by atomic mass is 35.5. The summed E-state index contributed by atoms with van der Waals surface area (Å²) in [6.07, 6.45) is 1.42. The molecule has 0 bridgehead atoms. The van der Waals surface area contributed by atoms with Gasteiger partial charge in [-0.15, -0.1) is 0 Å². The van der Waals surface area contributed by atoms with Gasteiger partial charge >= 0.3 is 0 Å². The Morgan fingerprint density at radius 1 is 1.25 bits per heavy atom. The zero-order valence-electron chi connectivity index (χ0n) is 15.5. The number of benzene rings is 2. The van der Waals surface area contributed by atoms with Gasteiger partial charge in [0, 0.05) is 28.3 Å². The number of non-ortho nitro benzene ring substituents is 1. The highest BCUT2D eigenvalue weighted by Gasteiger charge is 2.15. The molecule has 0 radical (unpaired) electrons. The van der Waals surface area contributed by atoms with Crippen LogP contribution in [0.15, 0.2) is 47.6 Å². The fourth-order valence-electron chi connectivity index (χ4n) is 2.57. The van der Waals surface area contributed by atoms with Crippen molar-refractivity contribution in [3.8, 4) is 11.4 Å². The fourth-order valence-corrected chi connectivity index (χ4v) is 2.91. The monoisotopic (exact) mass is 415 g/mol. The van der Waals surface area contributed by atoms with Gasteiger partial charge in [-0.3, -0.25) is 10.1 Å². The molecule has 28 heavy (non-hydrogen) atoms. The number of aromatic nitrogens is 3. The maximum atomic E-state index is 11.0. The molecule has 3 aromatic rings. The minimum atomic E-state index is -0.487. The van der Waals surface area contributed by atoms with Crippen molar-refractivity contribution in [2.75, 3.05) is 0 Å². The van der Waals surface area contributed by atoms with Crippen molar-refractivity contribution in [1.82, 2.24) is 14.9 Å². The van der Waals surface area contributed by atoms with E-state index in [9.17, 15) is 10.1 Å². The molecule has 0 unspecified atom stereocenters. The molecule has 2 aromatic carbocycles. The van der Waals surface area contributed by atoms with Gasteiger partial charge in [0.1, 0.15) is 0 Å². The lowest BCUT2D eigenvalue weighted by Crippen LogP contribution is -2.10. The molecule has 9 heteroatoms. The molecule has 0 saturated carbocycles. The molecule has 0 fully saturated rings. The van der Waals surface area contributed by atoms with Crippen LogP contribution in [0.25, 0.3) is 11.4 Å². The summed E-state index contributed by atoms with van der Waals surface area (Å²) in [4.78, 5) is 10.5. The minimum absolute atomic E-state index is 0.0418. The molecule has 0 saturated heterocycles. The Hall–Kier alpha value is -2.84. The van der Waals surface area contributed by atoms with E-state index in [1.165, 1.54) is 34.7 Å². The Labute approximate surface area is 171 Å². The van der Waals surface area contributed by atoms with Crippen molar-refractivity contribution in [3.63, 3.8) is 0 Å². The van der Waals surface area contributed by atoms with Crippen LogP contribution in [0.1, 0.15) is 31.9 Å². The van der Waals surface area contributed by atoms with E-state index in [2.05, 4.69) is 36.1 Å². The molecule has 0 aliphatic heterocycles. The van der Waals surface area contributed by atoms with Crippen LogP contribution in [0.2, 0.25) is 5.02 Å². The standard InChI is InChI=1S/C19H18ClN5O2S/c1-19(2,3)14-6-4-12(5-7-14)17-22-23-18(28)24(17)21-11-13-10-15(25(26)27)8-9-16(13)20/h4-11H,1-3H3,(H,23,28). The van der Waals surface area contributed by atoms with E-state index in [4.69, 9.17) is 23.8 Å². The van der Waals surface area contributed by atoms with Crippen LogP contribution in [-0.4, -0.2) is 26.0 Å². The Kier molecular flexibility index (Phi) is 5.44. The zero-order valence-corrected chi connectivity index (χ0v) is 17.1. The van der Waals surface area contributed by atoms with Crippen molar-refractivity contribution >= 4 is 35.7 Å². The molecule has 1 N–H and O–H groups in total. The lowest BCUT2D eigenvalue weighted by molar-refractivity contribution is -0.384. The van der Waals surface area contributed by atoms with Crippen LogP contribution in [0, 0.1) is 14.9 Å². The number of nitrogens with one attached hydrogen (secondary N) is 1. The third kappa shape index (κ3) is 4.18. The average molecular weight is 416 g/mol. The number of H-pyrrole nitrogens is 1. The SMILES string of the molecule is CC(C)(C)c1ccc(-c2n[nH]c(=S)n2N=Cc2cc([N+](=O)[O-])ccc2Cl)cc1. The first-order valence-corrected chi connectivity index (χ1v) is 9.22. The first-order chi connectivity index (χ1) is 13.2. The zero-order chi connectivity index (χ0) is 20.5. The molecule has 1 heterocycles. The van der Waals surface area contributed by atoms with E-state index in [1.54, 1.807) is 0 Å². The van der Waals surface area contributed by atoms with Gasteiger partial charge in [-0.2, -0.15) is 14.9 Å². The van der Waals surface area contributed by atoms with Gasteiger partial charge in [-0.1, -0.05) is 56.6 Å². The number of hydrogen-bond donors (Lipinski definition) is 1. The summed E-state index contributed by atoms with van der Waals surface area (Å²) in [5.41, 5.74) is 2.42. The second-order valence-corrected chi connectivity index (χ2v) is 7.99. The number of aromatic amines is 1. The number of hydrogen-bond acceptors (Lipinski definition) is 5. The molecule has 3 rings (SSSR count). The van der Waals surface area contributed by atoms with Crippen molar-refractivity contribution in [2.45, 2.75) is 26.2 Å². The Morgan fingerprint density at radius 2 is 1.93 bits per heavy atom. The fraction of sp³-hybridized carbons (Fsp3) is 0.211. The second kappa shape index (κ2) is 7.65. The van der Waals surface area contributed by atoms with Crippen LogP contribution in [0.4, 0.5) is 5.69 Å². The van der Waals surface area contributed by atoms with E-state index < -0.39 is 4.92 Å². The molecule has 7 nitrogen and oxygen atoms in total. The van der Waals surface area contributed by atoms with Crippen LogP contribution in [-0.2, 0) is 5.41 Å².